The highest BCUT2D eigenvalue weighted by atomic mass is 16.3. The fourth-order valence-corrected chi connectivity index (χ4v) is 3.55. The predicted octanol–water partition coefficient (Wildman–Crippen LogP) is 3.74. The predicted molar refractivity (Wildman–Crippen MR) is 106 cm³/mol. The quantitative estimate of drug-likeness (QED) is 0.805. The Morgan fingerprint density at radius 1 is 1.00 bits per heavy atom. The van der Waals surface area contributed by atoms with E-state index in [1.807, 2.05) is 24.3 Å². The number of rotatable bonds is 6. The minimum Gasteiger partial charge on any atom is -0.508 e. The molecule has 0 spiro atoms. The van der Waals surface area contributed by atoms with Gasteiger partial charge in [0.05, 0.1) is 0 Å². The first-order valence-corrected chi connectivity index (χ1v) is 9.41. The van der Waals surface area contributed by atoms with E-state index in [9.17, 15) is 9.90 Å². The van der Waals surface area contributed by atoms with E-state index in [2.05, 4.69) is 28.9 Å². The smallest absolute Gasteiger partial charge is 0.159 e. The van der Waals surface area contributed by atoms with E-state index >= 15 is 0 Å². The van der Waals surface area contributed by atoms with Gasteiger partial charge in [0, 0.05) is 43.5 Å². The molecule has 1 unspecified atom stereocenters. The summed E-state index contributed by atoms with van der Waals surface area (Å²) in [6.45, 7) is 8.06. The van der Waals surface area contributed by atoms with Crippen LogP contribution in [0.15, 0.2) is 48.5 Å². The van der Waals surface area contributed by atoms with Gasteiger partial charge in [-0.25, -0.2) is 0 Å². The van der Waals surface area contributed by atoms with Crippen LogP contribution in [0.25, 0.3) is 0 Å². The van der Waals surface area contributed by atoms with Crippen LogP contribution in [-0.4, -0.2) is 48.0 Å². The molecular formula is C22H28N2O2. The third-order valence-electron chi connectivity index (χ3n) is 5.36. The van der Waals surface area contributed by atoms with Gasteiger partial charge in [-0.05, 0) is 68.7 Å². The summed E-state index contributed by atoms with van der Waals surface area (Å²) in [5, 5.41) is 9.37. The molecule has 1 aliphatic heterocycles. The van der Waals surface area contributed by atoms with Crippen LogP contribution in [0.4, 0.5) is 5.69 Å². The molecule has 2 aromatic rings. The Labute approximate surface area is 156 Å². The molecule has 0 amide bonds. The van der Waals surface area contributed by atoms with Gasteiger partial charge in [0.1, 0.15) is 5.75 Å². The molecule has 3 rings (SSSR count). The summed E-state index contributed by atoms with van der Waals surface area (Å²) < 4.78 is 0. The number of anilines is 1. The van der Waals surface area contributed by atoms with Crippen molar-refractivity contribution >= 4 is 11.5 Å². The van der Waals surface area contributed by atoms with Crippen LogP contribution >= 0.6 is 0 Å². The van der Waals surface area contributed by atoms with Gasteiger partial charge in [-0.1, -0.05) is 12.1 Å². The number of carbonyl (C=O) groups is 1. The Kier molecular flexibility index (Phi) is 5.94. The van der Waals surface area contributed by atoms with Crippen molar-refractivity contribution in [1.82, 2.24) is 4.90 Å². The molecule has 0 aromatic heterocycles. The van der Waals surface area contributed by atoms with Gasteiger partial charge < -0.3 is 10.0 Å². The Morgan fingerprint density at radius 3 is 2.19 bits per heavy atom. The van der Waals surface area contributed by atoms with E-state index in [0.717, 1.165) is 44.6 Å². The first-order chi connectivity index (χ1) is 12.5. The zero-order chi connectivity index (χ0) is 18.5. The summed E-state index contributed by atoms with van der Waals surface area (Å²) in [5.41, 5.74) is 3.25. The molecule has 0 saturated carbocycles. The van der Waals surface area contributed by atoms with E-state index in [4.69, 9.17) is 0 Å². The summed E-state index contributed by atoms with van der Waals surface area (Å²) >= 11 is 0. The number of carbonyl (C=O) groups excluding carboxylic acids is 1. The van der Waals surface area contributed by atoms with E-state index in [0.29, 0.717) is 11.8 Å². The highest BCUT2D eigenvalue weighted by molar-refractivity contribution is 5.94. The van der Waals surface area contributed by atoms with E-state index in [-0.39, 0.29) is 5.78 Å². The third-order valence-corrected chi connectivity index (χ3v) is 5.36. The maximum Gasteiger partial charge on any atom is 0.159 e. The average molecular weight is 352 g/mol. The third kappa shape index (κ3) is 4.64. The summed E-state index contributed by atoms with van der Waals surface area (Å²) in [5.74, 6) is 0.443. The Balaban J connectivity index is 1.48. The maximum absolute atomic E-state index is 11.4. The van der Waals surface area contributed by atoms with Gasteiger partial charge in [0.15, 0.2) is 5.78 Å². The second kappa shape index (κ2) is 8.37. The van der Waals surface area contributed by atoms with Crippen molar-refractivity contribution in [1.29, 1.82) is 0 Å². The fraction of sp³-hybridized carbons (Fsp3) is 0.409. The van der Waals surface area contributed by atoms with Crippen molar-refractivity contribution < 1.29 is 9.90 Å². The molecule has 4 nitrogen and oxygen atoms in total. The lowest BCUT2D eigenvalue weighted by Gasteiger charge is -2.39. The lowest BCUT2D eigenvalue weighted by atomic mass is 10.0. The fourth-order valence-electron chi connectivity index (χ4n) is 3.55. The second-order valence-electron chi connectivity index (χ2n) is 7.18. The van der Waals surface area contributed by atoms with Crippen molar-refractivity contribution in [2.24, 2.45) is 0 Å². The molecular weight excluding hydrogens is 324 g/mol. The standard InChI is InChI=1S/C22H28N2O2/c1-17(3-4-19-5-11-22(26)12-6-19)23-13-15-24(16-14-23)21-9-7-20(8-10-21)18(2)25/h5-12,17,26H,3-4,13-16H2,1-2H3. The van der Waals surface area contributed by atoms with Crippen LogP contribution in [0.2, 0.25) is 0 Å². The summed E-state index contributed by atoms with van der Waals surface area (Å²) in [4.78, 5) is 16.4. The Morgan fingerprint density at radius 2 is 1.62 bits per heavy atom. The van der Waals surface area contributed by atoms with Gasteiger partial charge in [0.25, 0.3) is 0 Å². The molecule has 0 aliphatic carbocycles. The minimum absolute atomic E-state index is 0.115. The van der Waals surface area contributed by atoms with E-state index in [1.165, 1.54) is 11.3 Å². The second-order valence-corrected chi connectivity index (χ2v) is 7.18. The maximum atomic E-state index is 11.4. The van der Waals surface area contributed by atoms with Crippen LogP contribution in [0.5, 0.6) is 5.75 Å². The van der Waals surface area contributed by atoms with Gasteiger partial charge >= 0.3 is 0 Å². The largest absolute Gasteiger partial charge is 0.508 e. The van der Waals surface area contributed by atoms with Crippen molar-refractivity contribution in [3.8, 4) is 5.75 Å². The number of phenols is 1. The molecule has 4 heteroatoms. The lowest BCUT2D eigenvalue weighted by molar-refractivity contribution is 0.101. The topological polar surface area (TPSA) is 43.8 Å². The lowest BCUT2D eigenvalue weighted by Crippen LogP contribution is -2.49. The first kappa shape index (κ1) is 18.5. The summed E-state index contributed by atoms with van der Waals surface area (Å²) in [6, 6.07) is 16.0. The highest BCUT2D eigenvalue weighted by Gasteiger charge is 2.21. The number of piperazine rings is 1. The van der Waals surface area contributed by atoms with Crippen molar-refractivity contribution in [3.05, 3.63) is 59.7 Å². The molecule has 0 bridgehead atoms. The molecule has 2 aromatic carbocycles. The number of aromatic hydroxyl groups is 1. The van der Waals surface area contributed by atoms with E-state index in [1.54, 1.807) is 19.1 Å². The molecule has 1 heterocycles. The van der Waals surface area contributed by atoms with Gasteiger partial charge in [-0.15, -0.1) is 0 Å². The highest BCUT2D eigenvalue weighted by Crippen LogP contribution is 2.20. The minimum atomic E-state index is 0.115. The SMILES string of the molecule is CC(=O)c1ccc(N2CCN(C(C)CCc3ccc(O)cc3)CC2)cc1. The molecule has 1 saturated heterocycles. The van der Waals surface area contributed by atoms with Gasteiger partial charge in [-0.3, -0.25) is 9.69 Å². The normalized spacial score (nSPS) is 16.5. The number of hydrogen-bond acceptors (Lipinski definition) is 4. The Bertz CT molecular complexity index is 717. The molecule has 1 N–H and O–H groups in total. The Hall–Kier alpha value is -2.33. The van der Waals surface area contributed by atoms with Crippen molar-refractivity contribution in [2.75, 3.05) is 31.1 Å². The number of nitrogens with zero attached hydrogens (tertiary/aromatic N) is 2. The van der Waals surface area contributed by atoms with Crippen molar-refractivity contribution in [3.63, 3.8) is 0 Å². The zero-order valence-corrected chi connectivity index (χ0v) is 15.7. The van der Waals surface area contributed by atoms with Gasteiger partial charge in [-0.2, -0.15) is 0 Å². The average Bonchev–Trinajstić information content (AvgIpc) is 2.67. The van der Waals surface area contributed by atoms with E-state index < -0.39 is 0 Å². The first-order valence-electron chi connectivity index (χ1n) is 9.41. The summed E-state index contributed by atoms with van der Waals surface area (Å²) in [7, 11) is 0. The van der Waals surface area contributed by atoms with Crippen LogP contribution in [0.1, 0.15) is 36.2 Å². The monoisotopic (exact) mass is 352 g/mol. The summed E-state index contributed by atoms with van der Waals surface area (Å²) in [6.07, 6.45) is 2.16. The van der Waals surface area contributed by atoms with Crippen molar-refractivity contribution in [2.45, 2.75) is 32.7 Å². The number of phenolic OH excluding ortho intramolecular Hbond substituents is 1. The number of aryl methyl sites for hydroxylation is 1. The molecule has 26 heavy (non-hydrogen) atoms. The molecule has 1 atom stereocenters. The van der Waals surface area contributed by atoms with Crippen LogP contribution in [-0.2, 0) is 6.42 Å². The molecule has 0 radical (unpaired) electrons. The van der Waals surface area contributed by atoms with Gasteiger partial charge in [0.2, 0.25) is 0 Å². The van der Waals surface area contributed by atoms with Crippen LogP contribution in [0, 0.1) is 0 Å². The number of Topliss-reactive ketones (excluding diaryl/α,β-unsaturated/α-hetero) is 1. The number of benzene rings is 2. The molecule has 1 aliphatic rings. The number of ketones is 1. The molecule has 1 fully saturated rings. The number of hydrogen-bond donors (Lipinski definition) is 1. The van der Waals surface area contributed by atoms with Crippen LogP contribution < -0.4 is 4.90 Å². The zero-order valence-electron chi connectivity index (χ0n) is 15.7. The van der Waals surface area contributed by atoms with Crippen LogP contribution in [0.3, 0.4) is 0 Å². The molecule has 138 valence electrons.